The number of hydrogen-bond donors (Lipinski definition) is 4. The Kier molecular flexibility index (Phi) is 4.52. The van der Waals surface area contributed by atoms with E-state index in [0.717, 1.165) is 17.5 Å². The SMILES string of the molecule is Oc1ccc(C[C@H]2CO[C@](O)(Cc3ccc(O)cc3)CN2)cc1. The number of nitrogens with one attached hydrogen (secondary N) is 1. The van der Waals surface area contributed by atoms with Crippen LogP contribution in [0, 0.1) is 0 Å². The molecule has 3 rings (SSSR count). The molecule has 5 nitrogen and oxygen atoms in total. The van der Waals surface area contributed by atoms with E-state index in [-0.39, 0.29) is 17.5 Å². The molecule has 2 atom stereocenters. The van der Waals surface area contributed by atoms with Crippen LogP contribution in [0.4, 0.5) is 0 Å². The van der Waals surface area contributed by atoms with E-state index < -0.39 is 5.79 Å². The first-order valence-corrected chi connectivity index (χ1v) is 7.68. The third kappa shape index (κ3) is 4.22. The molecule has 0 aromatic heterocycles. The summed E-state index contributed by atoms with van der Waals surface area (Å²) in [4.78, 5) is 0. The van der Waals surface area contributed by atoms with Gasteiger partial charge in [0.2, 0.25) is 0 Å². The van der Waals surface area contributed by atoms with E-state index in [2.05, 4.69) is 5.32 Å². The molecule has 0 bridgehead atoms. The first-order valence-electron chi connectivity index (χ1n) is 7.68. The fourth-order valence-electron chi connectivity index (χ4n) is 2.76. The maximum Gasteiger partial charge on any atom is 0.182 e. The van der Waals surface area contributed by atoms with Crippen LogP contribution in [0.25, 0.3) is 0 Å². The molecular weight excluding hydrogens is 294 g/mol. The molecule has 0 amide bonds. The van der Waals surface area contributed by atoms with Crippen molar-refractivity contribution in [3.63, 3.8) is 0 Å². The van der Waals surface area contributed by atoms with Gasteiger partial charge in [-0.1, -0.05) is 24.3 Å². The van der Waals surface area contributed by atoms with Crippen LogP contribution in [-0.2, 0) is 17.6 Å². The van der Waals surface area contributed by atoms with Gasteiger partial charge in [0, 0.05) is 12.5 Å². The Hall–Kier alpha value is -2.08. The molecule has 4 N–H and O–H groups in total. The minimum absolute atomic E-state index is 0.125. The van der Waals surface area contributed by atoms with E-state index in [1.165, 1.54) is 0 Å². The maximum atomic E-state index is 10.5. The van der Waals surface area contributed by atoms with Crippen LogP contribution in [0.2, 0.25) is 0 Å². The van der Waals surface area contributed by atoms with Gasteiger partial charge in [-0.05, 0) is 41.8 Å². The Morgan fingerprint density at radius 3 is 2.04 bits per heavy atom. The summed E-state index contributed by atoms with van der Waals surface area (Å²) in [5.41, 5.74) is 2.01. The molecule has 5 heteroatoms. The number of morpholine rings is 1. The fourth-order valence-corrected chi connectivity index (χ4v) is 2.76. The van der Waals surface area contributed by atoms with Crippen LogP contribution in [-0.4, -0.2) is 40.3 Å². The van der Waals surface area contributed by atoms with Crippen LogP contribution in [0.3, 0.4) is 0 Å². The van der Waals surface area contributed by atoms with E-state index >= 15 is 0 Å². The molecule has 0 spiro atoms. The topological polar surface area (TPSA) is 82.0 Å². The molecule has 0 aliphatic carbocycles. The third-order valence-electron chi connectivity index (χ3n) is 4.06. The minimum atomic E-state index is -1.23. The summed E-state index contributed by atoms with van der Waals surface area (Å²) in [6.07, 6.45) is 1.14. The molecule has 1 fully saturated rings. The Bertz CT molecular complexity index is 631. The molecule has 1 aliphatic rings. The fraction of sp³-hybridized carbons (Fsp3) is 0.333. The predicted octanol–water partition coefficient (Wildman–Crippen LogP) is 1.56. The number of aliphatic hydroxyl groups is 1. The van der Waals surface area contributed by atoms with E-state index in [0.29, 0.717) is 19.6 Å². The lowest BCUT2D eigenvalue weighted by Gasteiger charge is -2.37. The van der Waals surface area contributed by atoms with E-state index in [9.17, 15) is 15.3 Å². The Labute approximate surface area is 135 Å². The second-order valence-corrected chi connectivity index (χ2v) is 6.05. The van der Waals surface area contributed by atoms with Gasteiger partial charge in [0.1, 0.15) is 11.5 Å². The molecule has 0 radical (unpaired) electrons. The Balaban J connectivity index is 1.54. The van der Waals surface area contributed by atoms with Gasteiger partial charge in [-0.2, -0.15) is 0 Å². The summed E-state index contributed by atoms with van der Waals surface area (Å²) in [5.74, 6) is -0.773. The van der Waals surface area contributed by atoms with Gasteiger partial charge >= 0.3 is 0 Å². The highest BCUT2D eigenvalue weighted by Crippen LogP contribution is 2.21. The van der Waals surface area contributed by atoms with Crippen LogP contribution >= 0.6 is 0 Å². The van der Waals surface area contributed by atoms with Gasteiger partial charge in [-0.3, -0.25) is 0 Å². The average molecular weight is 315 g/mol. The number of benzene rings is 2. The van der Waals surface area contributed by atoms with Crippen molar-refractivity contribution in [2.45, 2.75) is 24.7 Å². The first-order chi connectivity index (χ1) is 11.0. The van der Waals surface area contributed by atoms with Crippen LogP contribution in [0.5, 0.6) is 11.5 Å². The van der Waals surface area contributed by atoms with Crippen molar-refractivity contribution in [3.8, 4) is 11.5 Å². The zero-order chi connectivity index (χ0) is 16.3. The number of ether oxygens (including phenoxy) is 1. The highest BCUT2D eigenvalue weighted by molar-refractivity contribution is 5.27. The zero-order valence-electron chi connectivity index (χ0n) is 12.8. The molecule has 0 unspecified atom stereocenters. The van der Waals surface area contributed by atoms with Gasteiger partial charge in [-0.15, -0.1) is 0 Å². The third-order valence-corrected chi connectivity index (χ3v) is 4.06. The van der Waals surface area contributed by atoms with Crippen LogP contribution in [0.15, 0.2) is 48.5 Å². The highest BCUT2D eigenvalue weighted by Gasteiger charge is 2.34. The van der Waals surface area contributed by atoms with E-state index in [1.807, 2.05) is 12.1 Å². The van der Waals surface area contributed by atoms with Gasteiger partial charge in [0.25, 0.3) is 0 Å². The summed E-state index contributed by atoms with van der Waals surface area (Å²) in [6, 6.07) is 14.0. The lowest BCUT2D eigenvalue weighted by atomic mass is 10.0. The molecule has 1 heterocycles. The summed E-state index contributed by atoms with van der Waals surface area (Å²) >= 11 is 0. The second-order valence-electron chi connectivity index (χ2n) is 6.05. The summed E-state index contributed by atoms with van der Waals surface area (Å²) < 4.78 is 5.69. The van der Waals surface area contributed by atoms with E-state index in [1.54, 1.807) is 36.4 Å². The van der Waals surface area contributed by atoms with Crippen molar-refractivity contribution in [1.29, 1.82) is 0 Å². The van der Waals surface area contributed by atoms with Gasteiger partial charge in [0.15, 0.2) is 5.79 Å². The number of hydrogen-bond acceptors (Lipinski definition) is 5. The number of aromatic hydroxyl groups is 2. The molecule has 1 aliphatic heterocycles. The highest BCUT2D eigenvalue weighted by atomic mass is 16.6. The largest absolute Gasteiger partial charge is 0.508 e. The molecule has 122 valence electrons. The number of phenols is 2. The lowest BCUT2D eigenvalue weighted by molar-refractivity contribution is -0.221. The minimum Gasteiger partial charge on any atom is -0.508 e. The van der Waals surface area contributed by atoms with Crippen molar-refractivity contribution in [3.05, 3.63) is 59.7 Å². The van der Waals surface area contributed by atoms with Crippen LogP contribution in [0.1, 0.15) is 11.1 Å². The quantitative estimate of drug-likeness (QED) is 0.688. The Morgan fingerprint density at radius 1 is 0.957 bits per heavy atom. The van der Waals surface area contributed by atoms with E-state index in [4.69, 9.17) is 4.74 Å². The summed E-state index contributed by atoms with van der Waals surface area (Å²) in [7, 11) is 0. The molecule has 1 saturated heterocycles. The van der Waals surface area contributed by atoms with Crippen molar-refractivity contribution >= 4 is 0 Å². The Morgan fingerprint density at radius 2 is 1.52 bits per heavy atom. The van der Waals surface area contributed by atoms with Gasteiger partial charge in [0.05, 0.1) is 13.2 Å². The summed E-state index contributed by atoms with van der Waals surface area (Å²) in [6.45, 7) is 0.756. The van der Waals surface area contributed by atoms with Gasteiger partial charge in [-0.25, -0.2) is 0 Å². The van der Waals surface area contributed by atoms with Crippen LogP contribution < -0.4 is 5.32 Å². The van der Waals surface area contributed by atoms with Crippen molar-refractivity contribution < 1.29 is 20.1 Å². The maximum absolute atomic E-state index is 10.5. The molecular formula is C18H21NO4. The van der Waals surface area contributed by atoms with Gasteiger partial charge < -0.3 is 25.4 Å². The lowest BCUT2D eigenvalue weighted by Crippen LogP contribution is -2.56. The van der Waals surface area contributed by atoms with Crippen molar-refractivity contribution in [1.82, 2.24) is 5.32 Å². The smallest absolute Gasteiger partial charge is 0.182 e. The van der Waals surface area contributed by atoms with Crippen molar-refractivity contribution in [2.24, 2.45) is 0 Å². The number of rotatable bonds is 4. The monoisotopic (exact) mass is 315 g/mol. The number of phenolic OH excluding ortho intramolecular Hbond substituents is 2. The molecule has 2 aromatic rings. The molecule has 2 aromatic carbocycles. The first kappa shape index (κ1) is 15.8. The normalized spacial score (nSPS) is 24.5. The standard InChI is InChI=1S/C18H21NO4/c20-16-5-1-13(2-6-16)9-15-11-23-18(22,12-19-15)10-14-3-7-17(21)8-4-14/h1-8,15,19-22H,9-12H2/t15-,18+/m0/s1. The molecule has 23 heavy (non-hydrogen) atoms. The number of β-amino-alcohol motifs (C(OH)–C–C–N with tert-alkyl or cyclic N) is 1. The second kappa shape index (κ2) is 6.58. The van der Waals surface area contributed by atoms with Crippen molar-refractivity contribution in [2.75, 3.05) is 13.2 Å². The summed E-state index contributed by atoms with van der Waals surface area (Å²) in [5, 5.41) is 32.4. The average Bonchev–Trinajstić information content (AvgIpc) is 2.54. The zero-order valence-corrected chi connectivity index (χ0v) is 12.8. The predicted molar refractivity (Wildman–Crippen MR) is 86.3 cm³/mol. The molecule has 0 saturated carbocycles.